The van der Waals surface area contributed by atoms with Gasteiger partial charge in [0.1, 0.15) is 0 Å². The molecule has 3 aliphatic heterocycles. The van der Waals surface area contributed by atoms with E-state index < -0.39 is 9.84 Å². The fraction of sp³-hybridized carbons (Fsp3) is 1.00. The first-order valence-electron chi connectivity index (χ1n) is 6.32. The van der Waals surface area contributed by atoms with Crippen LogP contribution >= 0.6 is 0 Å². The Hall–Kier alpha value is -0.130. The van der Waals surface area contributed by atoms with Crippen molar-refractivity contribution in [2.45, 2.75) is 31.3 Å². The van der Waals surface area contributed by atoms with E-state index in [-0.39, 0.29) is 0 Å². The fourth-order valence-corrected chi connectivity index (χ4v) is 5.34. The Morgan fingerprint density at radius 2 is 2.06 bits per heavy atom. The number of rotatable bonds is 1. The zero-order valence-electron chi connectivity index (χ0n) is 9.56. The lowest BCUT2D eigenvalue weighted by molar-refractivity contribution is 0.0878. The second-order valence-electron chi connectivity index (χ2n) is 5.42. The highest BCUT2D eigenvalue weighted by atomic mass is 32.2. The molecular formula is C11H20N2O2S. The summed E-state index contributed by atoms with van der Waals surface area (Å²) in [7, 11) is -2.74. The van der Waals surface area contributed by atoms with E-state index in [1.165, 1.54) is 12.8 Å². The molecule has 3 rings (SSSR count). The average molecular weight is 244 g/mol. The monoisotopic (exact) mass is 244 g/mol. The van der Waals surface area contributed by atoms with Gasteiger partial charge in [0.15, 0.2) is 9.84 Å². The van der Waals surface area contributed by atoms with Crippen molar-refractivity contribution in [3.05, 3.63) is 0 Å². The number of nitrogens with one attached hydrogen (secondary N) is 1. The smallest absolute Gasteiger partial charge is 0.151 e. The minimum atomic E-state index is -2.74. The molecule has 3 aliphatic rings. The molecule has 5 heteroatoms. The van der Waals surface area contributed by atoms with Gasteiger partial charge in [0.25, 0.3) is 0 Å². The number of sulfone groups is 1. The highest BCUT2D eigenvalue weighted by molar-refractivity contribution is 7.91. The van der Waals surface area contributed by atoms with Crippen molar-refractivity contribution in [3.63, 3.8) is 0 Å². The van der Waals surface area contributed by atoms with Crippen LogP contribution in [0.25, 0.3) is 0 Å². The van der Waals surface area contributed by atoms with Gasteiger partial charge >= 0.3 is 0 Å². The van der Waals surface area contributed by atoms with E-state index in [0.29, 0.717) is 23.6 Å². The van der Waals surface area contributed by atoms with Crippen LogP contribution in [0.4, 0.5) is 0 Å². The third-order valence-corrected chi connectivity index (χ3v) is 6.15. The molecule has 0 saturated carbocycles. The summed E-state index contributed by atoms with van der Waals surface area (Å²) in [4.78, 5) is 2.48. The number of fused-ring (bicyclic) bond motifs is 1. The van der Waals surface area contributed by atoms with Crippen molar-refractivity contribution in [2.75, 3.05) is 31.1 Å². The molecule has 3 saturated heterocycles. The molecule has 0 amide bonds. The Labute approximate surface area is 97.3 Å². The Kier molecular flexibility index (Phi) is 2.72. The lowest BCUT2D eigenvalue weighted by atomic mass is 9.90. The van der Waals surface area contributed by atoms with Crippen molar-refractivity contribution in [1.29, 1.82) is 0 Å². The van der Waals surface area contributed by atoms with Gasteiger partial charge in [-0.25, -0.2) is 8.42 Å². The van der Waals surface area contributed by atoms with Crippen molar-refractivity contribution in [2.24, 2.45) is 5.92 Å². The number of hydrogen-bond donors (Lipinski definition) is 1. The summed E-state index contributed by atoms with van der Waals surface area (Å²) in [6.45, 7) is 3.28. The van der Waals surface area contributed by atoms with Gasteiger partial charge in [0.05, 0.1) is 11.5 Å². The molecule has 1 N–H and O–H groups in total. The topological polar surface area (TPSA) is 49.4 Å². The third kappa shape index (κ3) is 1.89. The lowest BCUT2D eigenvalue weighted by Gasteiger charge is -2.40. The van der Waals surface area contributed by atoms with Crippen LogP contribution in [0.15, 0.2) is 0 Å². The second-order valence-corrected chi connectivity index (χ2v) is 7.65. The zero-order valence-corrected chi connectivity index (χ0v) is 10.4. The molecule has 0 radical (unpaired) electrons. The largest absolute Gasteiger partial charge is 0.315 e. The van der Waals surface area contributed by atoms with Crippen LogP contribution in [0.3, 0.4) is 0 Å². The zero-order chi connectivity index (χ0) is 11.2. The number of hydrogen-bond acceptors (Lipinski definition) is 4. The minimum absolute atomic E-state index is 0.303. The summed E-state index contributed by atoms with van der Waals surface area (Å²) in [6.07, 6.45) is 3.40. The molecule has 92 valence electrons. The lowest BCUT2D eigenvalue weighted by Crippen LogP contribution is -2.50. The molecule has 4 nitrogen and oxygen atoms in total. The maximum absolute atomic E-state index is 11.5. The maximum atomic E-state index is 11.5. The van der Waals surface area contributed by atoms with E-state index in [0.717, 1.165) is 32.0 Å². The molecule has 3 atom stereocenters. The summed E-state index contributed by atoms with van der Waals surface area (Å²) < 4.78 is 23.1. The van der Waals surface area contributed by atoms with Crippen LogP contribution in [0.2, 0.25) is 0 Å². The molecule has 3 heterocycles. The van der Waals surface area contributed by atoms with E-state index in [2.05, 4.69) is 10.2 Å². The van der Waals surface area contributed by atoms with Crippen LogP contribution < -0.4 is 5.32 Å². The second kappa shape index (κ2) is 3.96. The Balaban J connectivity index is 1.74. The van der Waals surface area contributed by atoms with Crippen LogP contribution in [-0.4, -0.2) is 56.5 Å². The predicted octanol–water partition coefficient (Wildman–Crippen LogP) is -0.143. The first kappa shape index (κ1) is 11.0. The average Bonchev–Trinajstić information content (AvgIpc) is 2.83. The molecule has 0 spiro atoms. The van der Waals surface area contributed by atoms with Gasteiger partial charge in [0, 0.05) is 18.6 Å². The van der Waals surface area contributed by atoms with Gasteiger partial charge in [-0.2, -0.15) is 0 Å². The molecule has 0 aliphatic carbocycles. The van der Waals surface area contributed by atoms with Gasteiger partial charge in [-0.1, -0.05) is 0 Å². The summed E-state index contributed by atoms with van der Waals surface area (Å²) >= 11 is 0. The summed E-state index contributed by atoms with van der Waals surface area (Å²) in [5, 5.41) is 3.45. The van der Waals surface area contributed by atoms with Gasteiger partial charge in [-0.15, -0.1) is 0 Å². The number of nitrogens with zero attached hydrogens (tertiary/aromatic N) is 1. The summed E-state index contributed by atoms with van der Waals surface area (Å²) in [5.41, 5.74) is 0. The molecule has 16 heavy (non-hydrogen) atoms. The normalized spacial score (nSPS) is 43.4. The quantitative estimate of drug-likeness (QED) is 0.697. The van der Waals surface area contributed by atoms with Crippen LogP contribution in [0, 0.1) is 5.92 Å². The van der Waals surface area contributed by atoms with Gasteiger partial charge < -0.3 is 5.32 Å². The molecular weight excluding hydrogens is 224 g/mol. The fourth-order valence-electron chi connectivity index (χ4n) is 3.59. The van der Waals surface area contributed by atoms with E-state index in [4.69, 9.17) is 0 Å². The van der Waals surface area contributed by atoms with Gasteiger partial charge in [0.2, 0.25) is 0 Å². The maximum Gasteiger partial charge on any atom is 0.151 e. The SMILES string of the molecule is O=S1(=O)CCC(N2CCCC3CNCC32)C1. The molecule has 0 aromatic carbocycles. The third-order valence-electron chi connectivity index (χ3n) is 4.40. The minimum Gasteiger partial charge on any atom is -0.315 e. The van der Waals surface area contributed by atoms with Crippen molar-refractivity contribution in [1.82, 2.24) is 10.2 Å². The highest BCUT2D eigenvalue weighted by Crippen LogP contribution is 2.31. The Bertz CT molecular complexity index is 368. The molecule has 3 fully saturated rings. The predicted molar refractivity (Wildman–Crippen MR) is 63.1 cm³/mol. The summed E-state index contributed by atoms with van der Waals surface area (Å²) in [6, 6.07) is 0.907. The van der Waals surface area contributed by atoms with Crippen LogP contribution in [-0.2, 0) is 9.84 Å². The highest BCUT2D eigenvalue weighted by Gasteiger charge is 2.41. The Morgan fingerprint density at radius 3 is 2.81 bits per heavy atom. The van der Waals surface area contributed by atoms with E-state index in [1.807, 2.05) is 0 Å². The first-order chi connectivity index (χ1) is 7.66. The van der Waals surface area contributed by atoms with E-state index in [1.54, 1.807) is 0 Å². The molecule has 0 aromatic rings. The van der Waals surface area contributed by atoms with Gasteiger partial charge in [-0.05, 0) is 38.3 Å². The standard InChI is InChI=1S/C11H20N2O2S/c14-16(15)5-3-10(8-16)13-4-1-2-9-6-12-7-11(9)13/h9-12H,1-8H2. The molecule has 0 bridgehead atoms. The van der Waals surface area contributed by atoms with E-state index >= 15 is 0 Å². The molecule has 0 aromatic heterocycles. The molecule has 3 unspecified atom stereocenters. The van der Waals surface area contributed by atoms with Crippen molar-refractivity contribution >= 4 is 9.84 Å². The summed E-state index contributed by atoms with van der Waals surface area (Å²) in [5.74, 6) is 1.56. The van der Waals surface area contributed by atoms with E-state index in [9.17, 15) is 8.42 Å². The number of piperidine rings is 1. The first-order valence-corrected chi connectivity index (χ1v) is 8.15. The number of likely N-dealkylation sites (tertiary alicyclic amines) is 1. The van der Waals surface area contributed by atoms with Crippen LogP contribution in [0.5, 0.6) is 0 Å². The van der Waals surface area contributed by atoms with Gasteiger partial charge in [-0.3, -0.25) is 4.90 Å². The van der Waals surface area contributed by atoms with Crippen molar-refractivity contribution in [3.8, 4) is 0 Å². The van der Waals surface area contributed by atoms with Crippen molar-refractivity contribution < 1.29 is 8.42 Å². The van der Waals surface area contributed by atoms with Crippen LogP contribution in [0.1, 0.15) is 19.3 Å². The Morgan fingerprint density at radius 1 is 1.19 bits per heavy atom.